The van der Waals surface area contributed by atoms with Crippen LogP contribution in [0.25, 0.3) is 0 Å². The minimum Gasteiger partial charge on any atom is -0.345 e. The number of halogens is 1. The van der Waals surface area contributed by atoms with Gasteiger partial charge in [0.2, 0.25) is 0 Å². The quantitative estimate of drug-likeness (QED) is 0.925. The Kier molecular flexibility index (Phi) is 3.78. The zero-order chi connectivity index (χ0) is 17.6. The van der Waals surface area contributed by atoms with Gasteiger partial charge in [-0.05, 0) is 56.2 Å². The molecular formula is C19H22FN3O2. The van der Waals surface area contributed by atoms with Gasteiger partial charge in [-0.1, -0.05) is 12.1 Å². The first-order chi connectivity index (χ1) is 12.0. The lowest BCUT2D eigenvalue weighted by atomic mass is 10.0. The van der Waals surface area contributed by atoms with Gasteiger partial charge in [0, 0.05) is 19.1 Å². The number of imidazole rings is 1. The molecule has 25 heavy (non-hydrogen) atoms. The fourth-order valence-electron chi connectivity index (χ4n) is 3.83. The predicted molar refractivity (Wildman–Crippen MR) is 92.1 cm³/mol. The molecule has 5 nitrogen and oxygen atoms in total. The second-order valence-electron chi connectivity index (χ2n) is 7.28. The van der Waals surface area contributed by atoms with Gasteiger partial charge < -0.3 is 5.32 Å². The van der Waals surface area contributed by atoms with Crippen LogP contribution in [0.5, 0.6) is 0 Å². The van der Waals surface area contributed by atoms with Gasteiger partial charge >= 0.3 is 5.69 Å². The van der Waals surface area contributed by atoms with Gasteiger partial charge in [-0.15, -0.1) is 0 Å². The number of nitrogens with zero attached hydrogens (tertiary/aromatic N) is 2. The summed E-state index contributed by atoms with van der Waals surface area (Å²) in [6.45, 7) is 0.690. The van der Waals surface area contributed by atoms with Gasteiger partial charge in [0.25, 0.3) is 5.91 Å². The summed E-state index contributed by atoms with van der Waals surface area (Å²) in [5.74, 6) is -0.428. The lowest BCUT2D eigenvalue weighted by molar-refractivity contribution is 0.0921. The Labute approximate surface area is 145 Å². The molecule has 0 unspecified atom stereocenters. The van der Waals surface area contributed by atoms with Crippen molar-refractivity contribution in [2.75, 3.05) is 0 Å². The van der Waals surface area contributed by atoms with Crippen LogP contribution >= 0.6 is 0 Å². The number of rotatable bonds is 4. The third kappa shape index (κ3) is 2.90. The first-order valence-corrected chi connectivity index (χ1v) is 8.84. The van der Waals surface area contributed by atoms with Crippen molar-refractivity contribution in [1.82, 2.24) is 14.5 Å². The molecule has 1 aromatic carbocycles. The monoisotopic (exact) mass is 343 g/mol. The molecule has 0 radical (unpaired) electrons. The van der Waals surface area contributed by atoms with Crippen molar-refractivity contribution >= 4 is 5.91 Å². The minimum atomic E-state index is -0.269. The normalized spacial score (nSPS) is 17.8. The lowest BCUT2D eigenvalue weighted by Gasteiger charge is -2.19. The Hall–Kier alpha value is -2.37. The van der Waals surface area contributed by atoms with Crippen LogP contribution in [0.4, 0.5) is 4.39 Å². The van der Waals surface area contributed by atoms with E-state index in [9.17, 15) is 14.0 Å². The maximum atomic E-state index is 13.1. The van der Waals surface area contributed by atoms with Crippen molar-refractivity contribution in [3.63, 3.8) is 0 Å². The average Bonchev–Trinajstić information content (AvgIpc) is 3.30. The molecule has 1 saturated carbocycles. The number of hydrogen-bond donors (Lipinski definition) is 1. The van der Waals surface area contributed by atoms with Crippen LogP contribution in [0, 0.1) is 5.82 Å². The minimum absolute atomic E-state index is 0.108. The Morgan fingerprint density at radius 3 is 2.64 bits per heavy atom. The highest BCUT2D eigenvalue weighted by Gasteiger charge is 2.44. The topological polar surface area (TPSA) is 56.0 Å². The van der Waals surface area contributed by atoms with Crippen molar-refractivity contribution in [3.05, 3.63) is 57.5 Å². The lowest BCUT2D eigenvalue weighted by Crippen LogP contribution is -2.40. The van der Waals surface area contributed by atoms with Crippen LogP contribution in [0.2, 0.25) is 0 Å². The summed E-state index contributed by atoms with van der Waals surface area (Å²) >= 11 is 0. The van der Waals surface area contributed by atoms with Crippen molar-refractivity contribution in [1.29, 1.82) is 0 Å². The Bertz CT molecular complexity index is 875. The van der Waals surface area contributed by atoms with E-state index in [2.05, 4.69) is 5.32 Å². The van der Waals surface area contributed by atoms with Crippen LogP contribution in [-0.4, -0.2) is 20.6 Å². The Balaban J connectivity index is 1.56. The van der Waals surface area contributed by atoms with E-state index in [0.29, 0.717) is 18.7 Å². The zero-order valence-electron chi connectivity index (χ0n) is 14.3. The molecule has 0 atom stereocenters. The molecule has 2 heterocycles. The first-order valence-electron chi connectivity index (χ1n) is 8.84. The number of amides is 1. The molecule has 0 bridgehead atoms. The van der Waals surface area contributed by atoms with Crippen LogP contribution in [0.3, 0.4) is 0 Å². The van der Waals surface area contributed by atoms with E-state index in [1.807, 2.05) is 0 Å². The summed E-state index contributed by atoms with van der Waals surface area (Å²) in [6, 6.07) is 6.41. The van der Waals surface area contributed by atoms with Crippen LogP contribution in [0.15, 0.2) is 29.1 Å². The highest BCUT2D eigenvalue weighted by molar-refractivity contribution is 5.94. The second-order valence-corrected chi connectivity index (χ2v) is 7.28. The van der Waals surface area contributed by atoms with Crippen LogP contribution < -0.4 is 11.0 Å². The average molecular weight is 343 g/mol. The molecule has 2 aromatic rings. The highest BCUT2D eigenvalue weighted by Crippen LogP contribution is 2.39. The van der Waals surface area contributed by atoms with Crippen molar-refractivity contribution in [2.45, 2.75) is 50.6 Å². The predicted octanol–water partition coefficient (Wildman–Crippen LogP) is 2.17. The van der Waals surface area contributed by atoms with Crippen LogP contribution in [-0.2, 0) is 26.4 Å². The van der Waals surface area contributed by atoms with Gasteiger partial charge in [0.15, 0.2) is 0 Å². The molecule has 1 aliphatic carbocycles. The molecule has 0 spiro atoms. The highest BCUT2D eigenvalue weighted by atomic mass is 19.1. The third-order valence-electron chi connectivity index (χ3n) is 5.40. The number of fused-ring (bicyclic) bond motifs is 1. The molecule has 4 rings (SSSR count). The van der Waals surface area contributed by atoms with E-state index >= 15 is 0 Å². The van der Waals surface area contributed by atoms with E-state index < -0.39 is 0 Å². The maximum Gasteiger partial charge on any atom is 0.328 e. The van der Waals surface area contributed by atoms with Crippen molar-refractivity contribution in [3.8, 4) is 0 Å². The molecule has 1 N–H and O–H groups in total. The standard InChI is InChI=1S/C19H22FN3O2/c1-22-16(15-4-2-3-11-23(15)18(22)25)17(24)21-19(9-10-19)12-13-5-7-14(20)8-6-13/h5-8H,2-4,9-12H2,1H3,(H,21,24). The fraction of sp³-hybridized carbons (Fsp3) is 0.474. The van der Waals surface area contributed by atoms with Gasteiger partial charge in [0.1, 0.15) is 11.5 Å². The van der Waals surface area contributed by atoms with Crippen molar-refractivity contribution < 1.29 is 9.18 Å². The Morgan fingerprint density at radius 2 is 1.96 bits per heavy atom. The smallest absolute Gasteiger partial charge is 0.328 e. The summed E-state index contributed by atoms with van der Waals surface area (Å²) < 4.78 is 16.3. The Morgan fingerprint density at radius 1 is 1.24 bits per heavy atom. The van der Waals surface area contributed by atoms with Crippen LogP contribution in [0.1, 0.15) is 47.4 Å². The zero-order valence-corrected chi connectivity index (χ0v) is 14.3. The molecule has 1 aliphatic heterocycles. The summed E-state index contributed by atoms with van der Waals surface area (Å²) in [4.78, 5) is 25.3. The van der Waals surface area contributed by atoms with E-state index in [4.69, 9.17) is 0 Å². The summed E-state index contributed by atoms with van der Waals surface area (Å²) in [5, 5.41) is 3.15. The number of benzene rings is 1. The van der Waals surface area contributed by atoms with Gasteiger partial charge in [-0.2, -0.15) is 0 Å². The van der Waals surface area contributed by atoms with Crippen molar-refractivity contribution in [2.24, 2.45) is 7.05 Å². The molecule has 1 amide bonds. The summed E-state index contributed by atoms with van der Waals surface area (Å²) in [5.41, 5.74) is 1.98. The SMILES string of the molecule is Cn1c(C(=O)NC2(Cc3ccc(F)cc3)CC2)c2n(c1=O)CCCC2. The molecule has 1 fully saturated rings. The van der Waals surface area contributed by atoms with Gasteiger partial charge in [0.05, 0.1) is 5.69 Å². The third-order valence-corrected chi connectivity index (χ3v) is 5.40. The van der Waals surface area contributed by atoms with Gasteiger partial charge in [-0.25, -0.2) is 9.18 Å². The summed E-state index contributed by atoms with van der Waals surface area (Å²) in [6.07, 6.45) is 5.24. The number of aromatic nitrogens is 2. The number of carbonyl (C=O) groups excluding carboxylic acids is 1. The molecule has 1 aromatic heterocycles. The number of carbonyl (C=O) groups is 1. The van der Waals surface area contributed by atoms with E-state index in [-0.39, 0.29) is 23.0 Å². The molecule has 132 valence electrons. The second kappa shape index (κ2) is 5.86. The largest absolute Gasteiger partial charge is 0.345 e. The van der Waals surface area contributed by atoms with E-state index in [1.54, 1.807) is 23.7 Å². The first kappa shape index (κ1) is 16.1. The maximum absolute atomic E-state index is 13.1. The van der Waals surface area contributed by atoms with E-state index in [1.165, 1.54) is 16.7 Å². The number of nitrogens with one attached hydrogen (secondary N) is 1. The molecule has 2 aliphatic rings. The van der Waals surface area contributed by atoms with E-state index in [0.717, 1.165) is 43.4 Å². The molecule has 6 heteroatoms. The number of hydrogen-bond acceptors (Lipinski definition) is 2. The summed E-state index contributed by atoms with van der Waals surface area (Å²) in [7, 11) is 1.67. The molecular weight excluding hydrogens is 321 g/mol. The van der Waals surface area contributed by atoms with Gasteiger partial charge in [-0.3, -0.25) is 13.9 Å². The fourth-order valence-corrected chi connectivity index (χ4v) is 3.83. The molecule has 0 saturated heterocycles.